The standard InChI is InChI=1S/C24H21N5O2/c1-3-31-20-11-15(16-7-4-8-17-19(16)13-27-24(17)30)10-18-21(20)28-22(29-23(18)25-2)14-6-5-9-26-12-14/h4-12H,3,13H2,1-2H3,(H,27,30)(H,25,28,29). The highest BCUT2D eigenvalue weighted by molar-refractivity contribution is 6.02. The number of anilines is 1. The average molecular weight is 411 g/mol. The summed E-state index contributed by atoms with van der Waals surface area (Å²) in [6.07, 6.45) is 3.46. The molecule has 0 saturated heterocycles. The molecule has 7 nitrogen and oxygen atoms in total. The van der Waals surface area contributed by atoms with Gasteiger partial charge in [-0.15, -0.1) is 0 Å². The Morgan fingerprint density at radius 3 is 2.74 bits per heavy atom. The highest BCUT2D eigenvalue weighted by Crippen LogP contribution is 2.38. The van der Waals surface area contributed by atoms with Crippen molar-refractivity contribution >= 4 is 22.6 Å². The van der Waals surface area contributed by atoms with Crippen molar-refractivity contribution in [3.63, 3.8) is 0 Å². The summed E-state index contributed by atoms with van der Waals surface area (Å²) in [6, 6.07) is 13.6. The van der Waals surface area contributed by atoms with Crippen LogP contribution in [0.2, 0.25) is 0 Å². The second-order valence-electron chi connectivity index (χ2n) is 7.21. The summed E-state index contributed by atoms with van der Waals surface area (Å²) in [6.45, 7) is 2.97. The minimum absolute atomic E-state index is 0.0389. The quantitative estimate of drug-likeness (QED) is 0.515. The van der Waals surface area contributed by atoms with Crippen molar-refractivity contribution in [3.8, 4) is 28.3 Å². The van der Waals surface area contributed by atoms with Crippen LogP contribution in [-0.2, 0) is 6.54 Å². The average Bonchev–Trinajstić information content (AvgIpc) is 3.20. The van der Waals surface area contributed by atoms with E-state index in [1.165, 1.54) is 0 Å². The van der Waals surface area contributed by atoms with Gasteiger partial charge in [0.15, 0.2) is 5.82 Å². The van der Waals surface area contributed by atoms with Gasteiger partial charge in [0.05, 0.1) is 6.61 Å². The summed E-state index contributed by atoms with van der Waals surface area (Å²) >= 11 is 0. The first-order valence-electron chi connectivity index (χ1n) is 10.2. The lowest BCUT2D eigenvalue weighted by atomic mass is 9.95. The van der Waals surface area contributed by atoms with Gasteiger partial charge in [-0.1, -0.05) is 12.1 Å². The zero-order valence-corrected chi connectivity index (χ0v) is 17.3. The van der Waals surface area contributed by atoms with E-state index in [1.54, 1.807) is 12.4 Å². The van der Waals surface area contributed by atoms with E-state index in [2.05, 4.69) is 21.7 Å². The monoisotopic (exact) mass is 411 g/mol. The molecule has 0 unspecified atom stereocenters. The Morgan fingerprint density at radius 2 is 1.97 bits per heavy atom. The van der Waals surface area contributed by atoms with E-state index in [9.17, 15) is 4.79 Å². The zero-order valence-electron chi connectivity index (χ0n) is 17.3. The van der Waals surface area contributed by atoms with Gasteiger partial charge >= 0.3 is 0 Å². The highest BCUT2D eigenvalue weighted by atomic mass is 16.5. The topological polar surface area (TPSA) is 89.0 Å². The number of hydrogen-bond acceptors (Lipinski definition) is 6. The molecule has 0 fully saturated rings. The third-order valence-corrected chi connectivity index (χ3v) is 5.38. The van der Waals surface area contributed by atoms with Gasteiger partial charge in [-0.3, -0.25) is 9.78 Å². The molecule has 2 aromatic carbocycles. The fraction of sp³-hybridized carbons (Fsp3) is 0.167. The predicted octanol–water partition coefficient (Wildman–Crippen LogP) is 4.04. The first-order valence-corrected chi connectivity index (χ1v) is 10.2. The van der Waals surface area contributed by atoms with E-state index in [1.807, 2.05) is 50.4 Å². The SMILES string of the molecule is CCOc1cc(-c2cccc3c2CNC3=O)cc2c(NC)nc(-c3cccnc3)nc12. The zero-order chi connectivity index (χ0) is 21.4. The molecule has 2 N–H and O–H groups in total. The summed E-state index contributed by atoms with van der Waals surface area (Å²) in [7, 11) is 1.84. The molecule has 3 heterocycles. The van der Waals surface area contributed by atoms with E-state index in [-0.39, 0.29) is 5.91 Å². The van der Waals surface area contributed by atoms with Crippen molar-refractivity contribution in [2.24, 2.45) is 0 Å². The first kappa shape index (κ1) is 19.0. The van der Waals surface area contributed by atoms with Gasteiger partial charge in [-0.25, -0.2) is 9.97 Å². The number of nitrogens with one attached hydrogen (secondary N) is 2. The third kappa shape index (κ3) is 3.24. The van der Waals surface area contributed by atoms with Crippen molar-refractivity contribution < 1.29 is 9.53 Å². The lowest BCUT2D eigenvalue weighted by Crippen LogP contribution is -2.12. The second-order valence-corrected chi connectivity index (χ2v) is 7.21. The van der Waals surface area contributed by atoms with Crippen LogP contribution in [0.4, 0.5) is 5.82 Å². The molecule has 4 aromatic rings. The van der Waals surface area contributed by atoms with E-state index in [0.717, 1.165) is 33.2 Å². The maximum Gasteiger partial charge on any atom is 0.251 e. The largest absolute Gasteiger partial charge is 0.492 e. The van der Waals surface area contributed by atoms with E-state index < -0.39 is 0 Å². The van der Waals surface area contributed by atoms with Crippen LogP contribution in [-0.4, -0.2) is 34.5 Å². The maximum atomic E-state index is 12.1. The molecule has 0 bridgehead atoms. The Kier molecular flexibility index (Phi) is 4.71. The molecule has 0 saturated carbocycles. The van der Waals surface area contributed by atoms with Crippen LogP contribution in [0, 0.1) is 0 Å². The molecule has 1 amide bonds. The molecule has 154 valence electrons. The van der Waals surface area contributed by atoms with E-state index >= 15 is 0 Å². The number of carbonyl (C=O) groups is 1. The van der Waals surface area contributed by atoms with E-state index in [4.69, 9.17) is 14.7 Å². The molecule has 0 spiro atoms. The van der Waals surface area contributed by atoms with Crippen LogP contribution in [0.3, 0.4) is 0 Å². The molecule has 1 aliphatic heterocycles. The number of amides is 1. The van der Waals surface area contributed by atoms with Crippen LogP contribution in [0.1, 0.15) is 22.8 Å². The van der Waals surface area contributed by atoms with Crippen LogP contribution in [0.25, 0.3) is 33.4 Å². The Labute approximate surface area is 179 Å². The Balaban J connectivity index is 1.76. The fourth-order valence-electron chi connectivity index (χ4n) is 3.96. The first-order chi connectivity index (χ1) is 15.2. The molecule has 7 heteroatoms. The van der Waals surface area contributed by atoms with Crippen molar-refractivity contribution in [2.45, 2.75) is 13.5 Å². The van der Waals surface area contributed by atoms with Crippen molar-refractivity contribution in [2.75, 3.05) is 19.0 Å². The second kappa shape index (κ2) is 7.68. The number of ether oxygens (including phenoxy) is 1. The number of carbonyl (C=O) groups excluding carboxylic acids is 1. The molecular formula is C24H21N5O2. The van der Waals surface area contributed by atoms with Gasteiger partial charge in [0.25, 0.3) is 5.91 Å². The number of aromatic nitrogens is 3. The number of benzene rings is 2. The smallest absolute Gasteiger partial charge is 0.251 e. The van der Waals surface area contributed by atoms with Gasteiger partial charge < -0.3 is 15.4 Å². The number of pyridine rings is 1. The summed E-state index contributed by atoms with van der Waals surface area (Å²) in [4.78, 5) is 25.9. The maximum absolute atomic E-state index is 12.1. The third-order valence-electron chi connectivity index (χ3n) is 5.38. The lowest BCUT2D eigenvalue weighted by molar-refractivity contribution is 0.0965. The summed E-state index contributed by atoms with van der Waals surface area (Å²) < 4.78 is 6.00. The fourth-order valence-corrected chi connectivity index (χ4v) is 3.96. The van der Waals surface area contributed by atoms with Gasteiger partial charge in [0.1, 0.15) is 17.1 Å². The summed E-state index contributed by atoms with van der Waals surface area (Å²) in [5.41, 5.74) is 5.22. The Hall–Kier alpha value is -4.00. The van der Waals surface area contributed by atoms with Gasteiger partial charge in [-0.05, 0) is 53.9 Å². The van der Waals surface area contributed by atoms with Gasteiger partial charge in [0, 0.05) is 42.5 Å². The summed E-state index contributed by atoms with van der Waals surface area (Å²) in [5, 5.41) is 6.95. The number of hydrogen-bond donors (Lipinski definition) is 2. The van der Waals surface area contributed by atoms with Gasteiger partial charge in [-0.2, -0.15) is 0 Å². The number of fused-ring (bicyclic) bond motifs is 2. The normalized spacial score (nSPS) is 12.5. The highest BCUT2D eigenvalue weighted by Gasteiger charge is 2.23. The van der Waals surface area contributed by atoms with Crippen molar-refractivity contribution in [1.82, 2.24) is 20.3 Å². The minimum Gasteiger partial charge on any atom is -0.492 e. The van der Waals surface area contributed by atoms with Gasteiger partial charge in [0.2, 0.25) is 0 Å². The molecule has 31 heavy (non-hydrogen) atoms. The minimum atomic E-state index is -0.0389. The molecule has 0 radical (unpaired) electrons. The van der Waals surface area contributed by atoms with E-state index in [0.29, 0.717) is 36.1 Å². The number of nitrogens with zero attached hydrogens (tertiary/aromatic N) is 3. The Morgan fingerprint density at radius 1 is 1.10 bits per heavy atom. The van der Waals surface area contributed by atoms with Crippen LogP contribution < -0.4 is 15.4 Å². The van der Waals surface area contributed by atoms with Crippen molar-refractivity contribution in [3.05, 3.63) is 66.0 Å². The van der Waals surface area contributed by atoms with Crippen LogP contribution in [0.15, 0.2) is 54.9 Å². The number of rotatable bonds is 5. The van der Waals surface area contributed by atoms with Crippen LogP contribution in [0.5, 0.6) is 5.75 Å². The van der Waals surface area contributed by atoms with Crippen LogP contribution >= 0.6 is 0 Å². The lowest BCUT2D eigenvalue weighted by Gasteiger charge is -2.15. The summed E-state index contributed by atoms with van der Waals surface area (Å²) in [5.74, 6) is 1.92. The molecule has 0 aliphatic carbocycles. The molecular weight excluding hydrogens is 390 g/mol. The molecule has 5 rings (SSSR count). The molecule has 0 atom stereocenters. The Bertz CT molecular complexity index is 1300. The molecule has 1 aliphatic rings. The predicted molar refractivity (Wildman–Crippen MR) is 120 cm³/mol. The molecule has 2 aromatic heterocycles. The van der Waals surface area contributed by atoms with Crippen molar-refractivity contribution in [1.29, 1.82) is 0 Å².